The van der Waals surface area contributed by atoms with Gasteiger partial charge < -0.3 is 18.8 Å². The Morgan fingerprint density at radius 1 is 1.23 bits per heavy atom. The van der Waals surface area contributed by atoms with E-state index < -0.39 is 24.1 Å². The Kier molecular flexibility index (Phi) is 4.40. The smallest absolute Gasteiger partial charge is 0.468 e. The minimum Gasteiger partial charge on any atom is -0.468 e. The van der Waals surface area contributed by atoms with Crippen molar-refractivity contribution in [1.82, 2.24) is 0 Å². The topological polar surface area (TPSA) is 36.9 Å². The van der Waals surface area contributed by atoms with E-state index in [1.54, 1.807) is 18.2 Å². The van der Waals surface area contributed by atoms with Gasteiger partial charge in [-0.1, -0.05) is 12.0 Å². The molecule has 1 aliphatic heterocycles. The number of hydrogen-bond donors (Lipinski definition) is 0. The molecule has 1 fully saturated rings. The third-order valence-electron chi connectivity index (χ3n) is 5.05. The van der Waals surface area contributed by atoms with E-state index in [0.29, 0.717) is 22.0 Å². The number of rotatable bonds is 4. The number of fused-ring (bicyclic) bond motifs is 1. The van der Waals surface area contributed by atoms with Crippen LogP contribution in [0.15, 0.2) is 24.3 Å². The van der Waals surface area contributed by atoms with Crippen molar-refractivity contribution >= 4 is 23.4 Å². The van der Waals surface area contributed by atoms with E-state index in [1.807, 2.05) is 34.1 Å². The molecule has 1 heterocycles. The highest BCUT2D eigenvalue weighted by molar-refractivity contribution is 6.65. The third kappa shape index (κ3) is 3.07. The van der Waals surface area contributed by atoms with Crippen LogP contribution in [0.2, 0.25) is 0 Å². The van der Waals surface area contributed by atoms with Gasteiger partial charge in [-0.05, 0) is 56.7 Å². The SMILES string of the molecule is [2H]C#Cc1c(F)ccc2cc(OCOC)cc(B3OC(C)(C)C(C)(C)O3)c12. The Hall–Kier alpha value is -2.07. The first-order chi connectivity index (χ1) is 12.7. The highest BCUT2D eigenvalue weighted by Crippen LogP contribution is 2.38. The molecule has 26 heavy (non-hydrogen) atoms. The molecule has 6 heteroatoms. The van der Waals surface area contributed by atoms with E-state index in [2.05, 4.69) is 5.92 Å². The summed E-state index contributed by atoms with van der Waals surface area (Å²) in [6, 6.07) is 6.50. The summed E-state index contributed by atoms with van der Waals surface area (Å²) in [6.45, 7) is 7.88. The van der Waals surface area contributed by atoms with Gasteiger partial charge >= 0.3 is 7.12 Å². The van der Waals surface area contributed by atoms with Gasteiger partial charge in [0.2, 0.25) is 0 Å². The average Bonchev–Trinajstić information content (AvgIpc) is 2.82. The van der Waals surface area contributed by atoms with Crippen molar-refractivity contribution in [3.8, 4) is 18.1 Å². The van der Waals surface area contributed by atoms with Crippen LogP contribution in [-0.4, -0.2) is 32.2 Å². The molecule has 2 aromatic carbocycles. The van der Waals surface area contributed by atoms with Crippen molar-refractivity contribution in [3.05, 3.63) is 35.6 Å². The van der Waals surface area contributed by atoms with Gasteiger partial charge in [0.15, 0.2) is 6.79 Å². The van der Waals surface area contributed by atoms with Gasteiger partial charge in [0, 0.05) is 12.5 Å². The summed E-state index contributed by atoms with van der Waals surface area (Å²) in [4.78, 5) is 0. The van der Waals surface area contributed by atoms with Crippen LogP contribution >= 0.6 is 0 Å². The second-order valence-corrected chi connectivity index (χ2v) is 7.30. The molecular formula is C20H22BFO4. The number of benzene rings is 2. The number of hydrogen-bond acceptors (Lipinski definition) is 4. The molecular weight excluding hydrogens is 334 g/mol. The molecule has 0 N–H and O–H groups in total. The lowest BCUT2D eigenvalue weighted by Gasteiger charge is -2.32. The maximum Gasteiger partial charge on any atom is 0.495 e. The van der Waals surface area contributed by atoms with Crippen LogP contribution in [0.4, 0.5) is 4.39 Å². The Balaban J connectivity index is 2.24. The van der Waals surface area contributed by atoms with Crippen LogP contribution in [0.1, 0.15) is 34.6 Å². The van der Waals surface area contributed by atoms with Crippen LogP contribution in [0.25, 0.3) is 10.8 Å². The van der Waals surface area contributed by atoms with Gasteiger partial charge in [-0.2, -0.15) is 0 Å². The van der Waals surface area contributed by atoms with Gasteiger partial charge in [0.05, 0.1) is 16.8 Å². The molecule has 1 aliphatic rings. The van der Waals surface area contributed by atoms with E-state index in [9.17, 15) is 4.39 Å². The maximum atomic E-state index is 14.5. The van der Waals surface area contributed by atoms with Gasteiger partial charge in [-0.25, -0.2) is 4.39 Å². The molecule has 0 radical (unpaired) electrons. The minimum absolute atomic E-state index is 0.0783. The fraction of sp³-hybridized carbons (Fsp3) is 0.400. The predicted molar refractivity (Wildman–Crippen MR) is 100 cm³/mol. The van der Waals surface area contributed by atoms with Crippen LogP contribution in [0.5, 0.6) is 5.75 Å². The van der Waals surface area contributed by atoms with E-state index in [0.717, 1.165) is 0 Å². The molecule has 0 aromatic heterocycles. The van der Waals surface area contributed by atoms with Gasteiger partial charge in [-0.15, -0.1) is 6.40 Å². The number of terminal acetylenes is 1. The molecule has 4 nitrogen and oxygen atoms in total. The molecule has 0 bridgehead atoms. The van der Waals surface area contributed by atoms with Crippen molar-refractivity contribution in [2.75, 3.05) is 13.9 Å². The zero-order valence-corrected chi connectivity index (χ0v) is 15.6. The lowest BCUT2D eigenvalue weighted by atomic mass is 9.74. The van der Waals surface area contributed by atoms with Crippen molar-refractivity contribution in [2.45, 2.75) is 38.9 Å². The molecule has 2 aromatic rings. The Labute approximate surface area is 155 Å². The summed E-state index contributed by atoms with van der Waals surface area (Å²) in [5.41, 5.74) is -0.357. The first-order valence-corrected chi connectivity index (χ1v) is 8.36. The summed E-state index contributed by atoms with van der Waals surface area (Å²) >= 11 is 0. The Morgan fingerprint density at radius 3 is 2.54 bits per heavy atom. The average molecular weight is 357 g/mol. The predicted octanol–water partition coefficient (Wildman–Crippen LogP) is 3.24. The molecule has 3 rings (SSSR count). The van der Waals surface area contributed by atoms with Crippen molar-refractivity contribution in [3.63, 3.8) is 0 Å². The fourth-order valence-corrected chi connectivity index (χ4v) is 2.93. The molecule has 1 saturated heterocycles. The zero-order valence-electron chi connectivity index (χ0n) is 16.6. The zero-order chi connectivity index (χ0) is 19.8. The number of ether oxygens (including phenoxy) is 2. The van der Waals surface area contributed by atoms with Crippen molar-refractivity contribution in [1.29, 1.82) is 0 Å². The van der Waals surface area contributed by atoms with Gasteiger partial charge in [-0.3, -0.25) is 0 Å². The molecule has 0 aliphatic carbocycles. The quantitative estimate of drug-likeness (QED) is 0.478. The van der Waals surface area contributed by atoms with Crippen molar-refractivity contribution < 1.29 is 24.5 Å². The Bertz CT molecular complexity index is 917. The van der Waals surface area contributed by atoms with Crippen LogP contribution in [0, 0.1) is 18.1 Å². The van der Waals surface area contributed by atoms with Crippen molar-refractivity contribution in [2.24, 2.45) is 0 Å². The first-order valence-electron chi connectivity index (χ1n) is 8.86. The second kappa shape index (κ2) is 6.59. The minimum atomic E-state index is -0.725. The van der Waals surface area contributed by atoms with Gasteiger partial charge in [0.25, 0.3) is 0 Å². The molecule has 0 saturated carbocycles. The third-order valence-corrected chi connectivity index (χ3v) is 5.05. The van der Waals surface area contributed by atoms with Gasteiger partial charge in [0.1, 0.15) is 12.9 Å². The van der Waals surface area contributed by atoms with E-state index in [-0.39, 0.29) is 12.4 Å². The summed E-state index contributed by atoms with van der Waals surface area (Å²) in [7, 11) is 0.810. The number of methoxy groups -OCH3 is 1. The lowest BCUT2D eigenvalue weighted by molar-refractivity contribution is 0.00578. The molecule has 0 amide bonds. The molecule has 0 spiro atoms. The Morgan fingerprint density at radius 2 is 1.92 bits per heavy atom. The first kappa shape index (κ1) is 17.4. The summed E-state index contributed by atoms with van der Waals surface area (Å²) < 4.78 is 44.6. The fourth-order valence-electron chi connectivity index (χ4n) is 2.93. The summed E-state index contributed by atoms with van der Waals surface area (Å²) in [5.74, 6) is 2.60. The second-order valence-electron chi connectivity index (χ2n) is 7.30. The van der Waals surface area contributed by atoms with E-state index >= 15 is 0 Å². The van der Waals surface area contributed by atoms with Crippen LogP contribution in [-0.2, 0) is 14.0 Å². The summed E-state index contributed by atoms with van der Waals surface area (Å²) in [5, 5.41) is 1.27. The molecule has 0 atom stereocenters. The lowest BCUT2D eigenvalue weighted by Crippen LogP contribution is -2.41. The van der Waals surface area contributed by atoms with E-state index in [4.69, 9.17) is 20.2 Å². The van der Waals surface area contributed by atoms with E-state index in [1.165, 1.54) is 13.2 Å². The highest BCUT2D eigenvalue weighted by atomic mass is 19.1. The largest absolute Gasteiger partial charge is 0.495 e. The normalized spacial score (nSPS) is 18.4. The molecule has 0 unspecified atom stereocenters. The number of halogens is 1. The van der Waals surface area contributed by atoms with Crippen LogP contribution in [0.3, 0.4) is 0 Å². The summed E-state index contributed by atoms with van der Waals surface area (Å²) in [6.07, 6.45) is 2.04. The van der Waals surface area contributed by atoms with Crippen LogP contribution < -0.4 is 10.2 Å². The molecule has 136 valence electrons. The maximum absolute atomic E-state index is 14.5. The highest BCUT2D eigenvalue weighted by Gasteiger charge is 2.52. The standard InChI is InChI=1S/C20H22BFO4/c1-7-15-17(22)9-8-13-10-14(24-12-23-6)11-16(18(13)15)21-25-19(2,3)20(4,5)26-21/h1,8-11H,12H2,2-6H3/i1D. The monoisotopic (exact) mass is 357 g/mol.